The van der Waals surface area contributed by atoms with E-state index in [-0.39, 0.29) is 0 Å². The van der Waals surface area contributed by atoms with Crippen molar-refractivity contribution in [3.63, 3.8) is 0 Å². The van der Waals surface area contributed by atoms with E-state index in [1.165, 1.54) is 0 Å². The van der Waals surface area contributed by atoms with Gasteiger partial charge in [-0.25, -0.2) is 0 Å². The van der Waals surface area contributed by atoms with Crippen LogP contribution in [0.1, 0.15) is 31.4 Å². The van der Waals surface area contributed by atoms with Gasteiger partial charge in [-0.05, 0) is 25.0 Å². The van der Waals surface area contributed by atoms with Crippen LogP contribution < -0.4 is 0 Å². The smallest absolute Gasteiger partial charge is 0.103 e. The van der Waals surface area contributed by atoms with Gasteiger partial charge >= 0.3 is 0 Å². The van der Waals surface area contributed by atoms with E-state index in [4.69, 9.17) is 9.68 Å². The Morgan fingerprint density at radius 3 is 2.92 bits per heavy atom. The van der Waals surface area contributed by atoms with Crippen molar-refractivity contribution in [3.8, 4) is 6.07 Å². The van der Waals surface area contributed by atoms with Crippen molar-refractivity contribution < 1.29 is 4.42 Å². The number of nitriles is 1. The van der Waals surface area contributed by atoms with Crippen LogP contribution in [0.2, 0.25) is 0 Å². The molecule has 0 N–H and O–H groups in total. The fourth-order valence-corrected chi connectivity index (χ4v) is 1.13. The average Bonchev–Trinajstić information content (AvgIpc) is 2.57. The summed E-state index contributed by atoms with van der Waals surface area (Å²) in [5.41, 5.74) is 0. The van der Waals surface area contributed by atoms with Crippen molar-refractivity contribution in [2.45, 2.75) is 32.1 Å². The molecule has 0 saturated carbocycles. The van der Waals surface area contributed by atoms with Crippen molar-refractivity contribution in [2.24, 2.45) is 0 Å². The summed E-state index contributed by atoms with van der Waals surface area (Å²) in [6, 6.07) is 6.04. The Labute approximate surface area is 72.8 Å². The predicted molar refractivity (Wildman–Crippen MR) is 46.5 cm³/mol. The molecule has 0 aliphatic heterocycles. The van der Waals surface area contributed by atoms with Crippen molar-refractivity contribution in [1.29, 1.82) is 5.26 Å². The van der Waals surface area contributed by atoms with Gasteiger partial charge in [-0.1, -0.05) is 6.42 Å². The van der Waals surface area contributed by atoms with Crippen LogP contribution in [0.5, 0.6) is 0 Å². The van der Waals surface area contributed by atoms with E-state index in [2.05, 4.69) is 6.07 Å². The molecule has 12 heavy (non-hydrogen) atoms. The topological polar surface area (TPSA) is 36.9 Å². The minimum Gasteiger partial charge on any atom is -0.469 e. The highest BCUT2D eigenvalue weighted by atomic mass is 16.3. The number of unbranched alkanes of at least 4 members (excludes halogenated alkanes) is 3. The van der Waals surface area contributed by atoms with Crippen LogP contribution in [0.3, 0.4) is 0 Å². The van der Waals surface area contributed by atoms with Gasteiger partial charge in [0.25, 0.3) is 0 Å². The van der Waals surface area contributed by atoms with Crippen LogP contribution in [0.25, 0.3) is 0 Å². The van der Waals surface area contributed by atoms with Gasteiger partial charge in [0.2, 0.25) is 0 Å². The summed E-state index contributed by atoms with van der Waals surface area (Å²) < 4.78 is 5.18. The van der Waals surface area contributed by atoms with E-state index in [1.807, 2.05) is 12.1 Å². The van der Waals surface area contributed by atoms with Crippen molar-refractivity contribution in [2.75, 3.05) is 0 Å². The maximum Gasteiger partial charge on any atom is 0.103 e. The molecular weight excluding hydrogens is 150 g/mol. The zero-order valence-electron chi connectivity index (χ0n) is 7.12. The molecule has 1 aromatic rings. The van der Waals surface area contributed by atoms with E-state index in [1.54, 1.807) is 6.26 Å². The Balaban J connectivity index is 2.01. The molecule has 64 valence electrons. The molecule has 2 nitrogen and oxygen atoms in total. The lowest BCUT2D eigenvalue weighted by molar-refractivity contribution is 0.496. The minimum absolute atomic E-state index is 0.679. The highest BCUT2D eigenvalue weighted by Crippen LogP contribution is 2.07. The number of nitrogens with zero attached hydrogens (tertiary/aromatic N) is 1. The number of furan rings is 1. The normalized spacial score (nSPS) is 9.58. The molecule has 1 heterocycles. The van der Waals surface area contributed by atoms with E-state index >= 15 is 0 Å². The van der Waals surface area contributed by atoms with Gasteiger partial charge < -0.3 is 4.42 Å². The zero-order valence-corrected chi connectivity index (χ0v) is 7.12. The highest BCUT2D eigenvalue weighted by Gasteiger charge is 1.94. The first kappa shape index (κ1) is 8.86. The molecule has 0 unspecified atom stereocenters. The van der Waals surface area contributed by atoms with Crippen LogP contribution in [0.4, 0.5) is 0 Å². The highest BCUT2D eigenvalue weighted by molar-refractivity contribution is 4.97. The van der Waals surface area contributed by atoms with E-state index in [0.29, 0.717) is 6.42 Å². The summed E-state index contributed by atoms with van der Waals surface area (Å²) in [5, 5.41) is 8.28. The van der Waals surface area contributed by atoms with Crippen LogP contribution in [-0.2, 0) is 6.42 Å². The Hall–Kier alpha value is -1.23. The second-order valence-corrected chi connectivity index (χ2v) is 2.80. The number of rotatable bonds is 5. The predicted octanol–water partition coefficient (Wildman–Crippen LogP) is 2.91. The molecule has 0 spiro atoms. The first-order valence-corrected chi connectivity index (χ1v) is 4.33. The van der Waals surface area contributed by atoms with Gasteiger partial charge in [0.1, 0.15) is 5.76 Å². The Bertz CT molecular complexity index is 233. The van der Waals surface area contributed by atoms with Gasteiger partial charge in [0.15, 0.2) is 0 Å². The van der Waals surface area contributed by atoms with E-state index < -0.39 is 0 Å². The van der Waals surface area contributed by atoms with E-state index in [0.717, 1.165) is 31.4 Å². The summed E-state index contributed by atoms with van der Waals surface area (Å²) in [6.07, 6.45) is 6.63. The second-order valence-electron chi connectivity index (χ2n) is 2.80. The third-order valence-electron chi connectivity index (χ3n) is 1.79. The molecular formula is C10H13NO. The first-order chi connectivity index (χ1) is 5.93. The monoisotopic (exact) mass is 163 g/mol. The maximum absolute atomic E-state index is 8.28. The average molecular weight is 163 g/mol. The van der Waals surface area contributed by atoms with Crippen LogP contribution >= 0.6 is 0 Å². The van der Waals surface area contributed by atoms with Crippen molar-refractivity contribution >= 4 is 0 Å². The first-order valence-electron chi connectivity index (χ1n) is 4.33. The molecule has 1 aromatic heterocycles. The number of aryl methyl sites for hydroxylation is 1. The molecule has 0 amide bonds. The summed E-state index contributed by atoms with van der Waals surface area (Å²) in [7, 11) is 0. The summed E-state index contributed by atoms with van der Waals surface area (Å²) in [4.78, 5) is 0. The second kappa shape index (κ2) is 5.42. The molecule has 0 aromatic carbocycles. The lowest BCUT2D eigenvalue weighted by atomic mass is 10.1. The molecule has 0 saturated heterocycles. The molecule has 0 atom stereocenters. The molecule has 1 rings (SSSR count). The molecule has 2 heteroatoms. The van der Waals surface area contributed by atoms with Crippen molar-refractivity contribution in [1.82, 2.24) is 0 Å². The lowest BCUT2D eigenvalue weighted by Crippen LogP contribution is -1.82. The molecule has 0 aliphatic rings. The van der Waals surface area contributed by atoms with Crippen LogP contribution in [0, 0.1) is 11.3 Å². The minimum atomic E-state index is 0.679. The maximum atomic E-state index is 8.28. The number of hydrogen-bond donors (Lipinski definition) is 0. The Kier molecular flexibility index (Phi) is 4.01. The summed E-state index contributed by atoms with van der Waals surface area (Å²) in [5.74, 6) is 1.05. The van der Waals surface area contributed by atoms with Gasteiger partial charge in [-0.15, -0.1) is 0 Å². The van der Waals surface area contributed by atoms with Gasteiger partial charge in [0.05, 0.1) is 12.3 Å². The third-order valence-corrected chi connectivity index (χ3v) is 1.79. The molecule has 0 aliphatic carbocycles. The molecule has 0 radical (unpaired) electrons. The van der Waals surface area contributed by atoms with Crippen molar-refractivity contribution in [3.05, 3.63) is 24.2 Å². The quantitative estimate of drug-likeness (QED) is 0.626. The van der Waals surface area contributed by atoms with Gasteiger partial charge in [-0.2, -0.15) is 5.26 Å². The largest absolute Gasteiger partial charge is 0.469 e. The van der Waals surface area contributed by atoms with Crippen LogP contribution in [-0.4, -0.2) is 0 Å². The lowest BCUT2D eigenvalue weighted by Gasteiger charge is -1.94. The SMILES string of the molecule is N#CCCCCCc1ccco1. The molecule has 0 fully saturated rings. The van der Waals surface area contributed by atoms with Gasteiger partial charge in [-0.3, -0.25) is 0 Å². The fourth-order valence-electron chi connectivity index (χ4n) is 1.13. The number of hydrogen-bond acceptors (Lipinski definition) is 2. The van der Waals surface area contributed by atoms with Crippen LogP contribution in [0.15, 0.2) is 22.8 Å². The van der Waals surface area contributed by atoms with Gasteiger partial charge in [0, 0.05) is 12.8 Å². The standard InChI is InChI=1S/C10H13NO/c11-8-4-2-1-3-6-10-7-5-9-12-10/h5,7,9H,1-4,6H2. The summed E-state index contributed by atoms with van der Waals surface area (Å²) >= 11 is 0. The van der Waals surface area contributed by atoms with E-state index in [9.17, 15) is 0 Å². The fraction of sp³-hybridized carbons (Fsp3) is 0.500. The third kappa shape index (κ3) is 3.25. The Morgan fingerprint density at radius 2 is 2.25 bits per heavy atom. The zero-order chi connectivity index (χ0) is 8.65. The molecule has 0 bridgehead atoms. The Morgan fingerprint density at radius 1 is 1.33 bits per heavy atom. The summed E-state index contributed by atoms with van der Waals surface area (Å²) in [6.45, 7) is 0.